The molecule has 2 heterocycles. The molecule has 0 spiro atoms. The summed E-state index contributed by atoms with van der Waals surface area (Å²) >= 11 is 0. The molecule has 0 saturated carbocycles. The van der Waals surface area contributed by atoms with Gasteiger partial charge in [0.05, 0.1) is 0 Å². The van der Waals surface area contributed by atoms with Gasteiger partial charge in [-0.1, -0.05) is 6.92 Å². The molecule has 0 unspecified atom stereocenters. The van der Waals surface area contributed by atoms with E-state index in [1.807, 2.05) is 7.05 Å². The highest BCUT2D eigenvalue weighted by atomic mass is 15.4. The Bertz CT molecular complexity index is 268. The molecule has 0 bridgehead atoms. The van der Waals surface area contributed by atoms with Gasteiger partial charge in [-0.3, -0.25) is 4.68 Å². The second kappa shape index (κ2) is 2.77. The molecule has 2 rings (SSSR count). The van der Waals surface area contributed by atoms with Crippen LogP contribution >= 0.6 is 0 Å². The lowest BCUT2D eigenvalue weighted by Gasteiger charge is -2.11. The molecule has 0 radical (unpaired) electrons. The molecular weight excluding hydrogens is 152 g/mol. The number of hydrogen-bond donors (Lipinski definition) is 0. The van der Waals surface area contributed by atoms with Gasteiger partial charge < -0.3 is 4.90 Å². The molecule has 1 aliphatic rings. The van der Waals surface area contributed by atoms with Crippen molar-refractivity contribution in [2.45, 2.75) is 13.3 Å². The quantitative estimate of drug-likeness (QED) is 0.614. The molecule has 0 aromatic carbocycles. The standard InChI is InChI=1S/C8H14N4/c1-7-3-4-12(5-7)8-9-6-11(2)10-8/h6-7H,3-5H2,1-2H3/t7-/m0/s1. The summed E-state index contributed by atoms with van der Waals surface area (Å²) in [5.74, 6) is 1.66. The molecule has 0 amide bonds. The zero-order valence-electron chi connectivity index (χ0n) is 7.56. The number of anilines is 1. The maximum Gasteiger partial charge on any atom is 0.244 e. The van der Waals surface area contributed by atoms with E-state index in [1.54, 1.807) is 11.0 Å². The van der Waals surface area contributed by atoms with Gasteiger partial charge in [-0.15, -0.1) is 5.10 Å². The first-order chi connectivity index (χ1) is 5.75. The van der Waals surface area contributed by atoms with E-state index in [1.165, 1.54) is 6.42 Å². The van der Waals surface area contributed by atoms with E-state index in [0.29, 0.717) is 0 Å². The van der Waals surface area contributed by atoms with E-state index in [2.05, 4.69) is 21.9 Å². The van der Waals surface area contributed by atoms with Crippen LogP contribution in [0.1, 0.15) is 13.3 Å². The molecule has 0 N–H and O–H groups in total. The third-order valence-electron chi connectivity index (χ3n) is 2.29. The fourth-order valence-corrected chi connectivity index (χ4v) is 1.59. The summed E-state index contributed by atoms with van der Waals surface area (Å²) in [5, 5.41) is 4.26. The molecule has 0 aliphatic carbocycles. The number of rotatable bonds is 1. The Hall–Kier alpha value is -1.06. The fraction of sp³-hybridized carbons (Fsp3) is 0.750. The molecule has 4 nitrogen and oxygen atoms in total. The van der Waals surface area contributed by atoms with E-state index >= 15 is 0 Å². The maximum absolute atomic E-state index is 4.26. The van der Waals surface area contributed by atoms with E-state index in [9.17, 15) is 0 Å². The number of nitrogens with zero attached hydrogens (tertiary/aromatic N) is 4. The molecule has 1 aliphatic heterocycles. The summed E-state index contributed by atoms with van der Waals surface area (Å²) in [6.45, 7) is 4.47. The van der Waals surface area contributed by atoms with Gasteiger partial charge >= 0.3 is 0 Å². The van der Waals surface area contributed by atoms with Gasteiger partial charge in [-0.25, -0.2) is 4.98 Å². The van der Waals surface area contributed by atoms with Gasteiger partial charge in [0.2, 0.25) is 5.95 Å². The molecule has 1 aromatic rings. The Morgan fingerprint density at radius 2 is 2.42 bits per heavy atom. The van der Waals surface area contributed by atoms with Gasteiger partial charge in [-0.2, -0.15) is 0 Å². The van der Waals surface area contributed by atoms with Crippen LogP contribution in [0.3, 0.4) is 0 Å². The van der Waals surface area contributed by atoms with Crippen molar-refractivity contribution in [3.63, 3.8) is 0 Å². The van der Waals surface area contributed by atoms with Crippen LogP contribution in [0.2, 0.25) is 0 Å². The monoisotopic (exact) mass is 166 g/mol. The molecule has 1 atom stereocenters. The Balaban J connectivity index is 2.11. The first-order valence-corrected chi connectivity index (χ1v) is 4.36. The molecule has 66 valence electrons. The maximum atomic E-state index is 4.26. The van der Waals surface area contributed by atoms with Crippen molar-refractivity contribution >= 4 is 5.95 Å². The Kier molecular flexibility index (Phi) is 1.75. The van der Waals surface area contributed by atoms with Gasteiger partial charge in [-0.05, 0) is 12.3 Å². The summed E-state index contributed by atoms with van der Waals surface area (Å²) in [5.41, 5.74) is 0. The zero-order valence-corrected chi connectivity index (χ0v) is 7.56. The van der Waals surface area contributed by atoms with Crippen molar-refractivity contribution in [2.75, 3.05) is 18.0 Å². The first-order valence-electron chi connectivity index (χ1n) is 4.36. The minimum Gasteiger partial charge on any atom is -0.339 e. The Morgan fingerprint density at radius 3 is 2.92 bits per heavy atom. The van der Waals surface area contributed by atoms with Crippen LogP contribution in [0.5, 0.6) is 0 Å². The van der Waals surface area contributed by atoms with Crippen molar-refractivity contribution in [1.29, 1.82) is 0 Å². The summed E-state index contributed by atoms with van der Waals surface area (Å²) in [7, 11) is 1.90. The number of aromatic nitrogens is 3. The van der Waals surface area contributed by atoms with E-state index in [0.717, 1.165) is 25.0 Å². The second-order valence-electron chi connectivity index (χ2n) is 3.56. The van der Waals surface area contributed by atoms with Crippen LogP contribution in [0.15, 0.2) is 6.33 Å². The predicted molar refractivity (Wildman–Crippen MR) is 47.0 cm³/mol. The minimum atomic E-state index is 0.786. The lowest BCUT2D eigenvalue weighted by atomic mass is 10.2. The molecule has 1 fully saturated rings. The lowest BCUT2D eigenvalue weighted by molar-refractivity contribution is 0.657. The van der Waals surface area contributed by atoms with Gasteiger partial charge in [0, 0.05) is 20.1 Å². The highest BCUT2D eigenvalue weighted by Gasteiger charge is 2.21. The van der Waals surface area contributed by atoms with Crippen molar-refractivity contribution < 1.29 is 0 Å². The van der Waals surface area contributed by atoms with Crippen molar-refractivity contribution in [3.05, 3.63) is 6.33 Å². The Labute approximate surface area is 72.2 Å². The fourth-order valence-electron chi connectivity index (χ4n) is 1.59. The largest absolute Gasteiger partial charge is 0.339 e. The molecule has 12 heavy (non-hydrogen) atoms. The summed E-state index contributed by atoms with van der Waals surface area (Å²) in [6.07, 6.45) is 3.01. The second-order valence-corrected chi connectivity index (χ2v) is 3.56. The number of hydrogen-bond acceptors (Lipinski definition) is 3. The van der Waals surface area contributed by atoms with Crippen LogP contribution < -0.4 is 4.90 Å². The number of aryl methyl sites for hydroxylation is 1. The van der Waals surface area contributed by atoms with E-state index < -0.39 is 0 Å². The van der Waals surface area contributed by atoms with Crippen LogP contribution in [-0.2, 0) is 7.05 Å². The van der Waals surface area contributed by atoms with E-state index in [-0.39, 0.29) is 0 Å². The average molecular weight is 166 g/mol. The Morgan fingerprint density at radius 1 is 1.58 bits per heavy atom. The third-order valence-corrected chi connectivity index (χ3v) is 2.29. The molecule has 1 aromatic heterocycles. The first kappa shape index (κ1) is 7.58. The van der Waals surface area contributed by atoms with Crippen LogP contribution in [0.25, 0.3) is 0 Å². The van der Waals surface area contributed by atoms with Gasteiger partial charge in [0.15, 0.2) is 0 Å². The van der Waals surface area contributed by atoms with E-state index in [4.69, 9.17) is 0 Å². The smallest absolute Gasteiger partial charge is 0.244 e. The van der Waals surface area contributed by atoms with Crippen molar-refractivity contribution in [1.82, 2.24) is 14.8 Å². The van der Waals surface area contributed by atoms with Crippen LogP contribution in [-0.4, -0.2) is 27.9 Å². The zero-order chi connectivity index (χ0) is 8.55. The van der Waals surface area contributed by atoms with Gasteiger partial charge in [0.1, 0.15) is 6.33 Å². The topological polar surface area (TPSA) is 34.0 Å². The summed E-state index contributed by atoms with van der Waals surface area (Å²) in [6, 6.07) is 0. The SMILES string of the molecule is C[C@H]1CCN(c2ncn(C)n2)C1. The third kappa shape index (κ3) is 1.29. The highest BCUT2D eigenvalue weighted by molar-refractivity contribution is 5.29. The van der Waals surface area contributed by atoms with Crippen LogP contribution in [0.4, 0.5) is 5.95 Å². The van der Waals surface area contributed by atoms with Gasteiger partial charge in [0.25, 0.3) is 0 Å². The van der Waals surface area contributed by atoms with Crippen molar-refractivity contribution in [2.24, 2.45) is 13.0 Å². The summed E-state index contributed by atoms with van der Waals surface area (Å²) in [4.78, 5) is 6.45. The lowest BCUT2D eigenvalue weighted by Crippen LogP contribution is -2.20. The van der Waals surface area contributed by atoms with Crippen LogP contribution in [0, 0.1) is 5.92 Å². The van der Waals surface area contributed by atoms with Crippen molar-refractivity contribution in [3.8, 4) is 0 Å². The summed E-state index contributed by atoms with van der Waals surface area (Å²) < 4.78 is 1.75. The molecule has 1 saturated heterocycles. The minimum absolute atomic E-state index is 0.786. The predicted octanol–water partition coefficient (Wildman–Crippen LogP) is 0.661. The normalized spacial score (nSPS) is 23.5. The molecular formula is C8H14N4. The highest BCUT2D eigenvalue weighted by Crippen LogP contribution is 2.19. The average Bonchev–Trinajstić information content (AvgIpc) is 2.58. The molecule has 4 heteroatoms.